The van der Waals surface area contributed by atoms with E-state index in [2.05, 4.69) is 30.4 Å². The number of carbonyl (C=O) groups is 2. The minimum Gasteiger partial charge on any atom is -0.355 e. The molecule has 0 spiro atoms. The topological polar surface area (TPSA) is 49.4 Å². The smallest absolute Gasteiger partial charge is 0.242 e. The third kappa shape index (κ3) is 6.41. The van der Waals surface area contributed by atoms with Crippen LogP contribution in [-0.4, -0.2) is 35.1 Å². The zero-order chi connectivity index (χ0) is 20.5. The molecule has 2 amide bonds. The minimum atomic E-state index is -0.508. The van der Waals surface area contributed by atoms with E-state index < -0.39 is 6.04 Å². The number of hydrogen-bond donors (Lipinski definition) is 1. The van der Waals surface area contributed by atoms with E-state index >= 15 is 0 Å². The van der Waals surface area contributed by atoms with Crippen LogP contribution in [0.4, 0.5) is 0 Å². The summed E-state index contributed by atoms with van der Waals surface area (Å²) in [5, 5.41) is 2.83. The molecule has 28 heavy (non-hydrogen) atoms. The highest BCUT2D eigenvalue weighted by Gasteiger charge is 2.26. The van der Waals surface area contributed by atoms with Crippen molar-refractivity contribution < 1.29 is 9.59 Å². The Labute approximate surface area is 172 Å². The molecule has 1 unspecified atom stereocenters. The zero-order valence-corrected chi connectivity index (χ0v) is 18.0. The second kappa shape index (κ2) is 10.9. The SMILES string of the molecule is CCNC(=O)C(C)N(Cc1ccccc1C)C(=O)CSCc1cccc(C)c1. The van der Waals surface area contributed by atoms with Gasteiger partial charge < -0.3 is 10.2 Å². The van der Waals surface area contributed by atoms with Crippen molar-refractivity contribution in [3.8, 4) is 0 Å². The van der Waals surface area contributed by atoms with Crippen LogP contribution in [0.1, 0.15) is 36.1 Å². The Balaban J connectivity index is 2.07. The highest BCUT2D eigenvalue weighted by Crippen LogP contribution is 2.18. The first-order valence-electron chi connectivity index (χ1n) is 9.67. The highest BCUT2D eigenvalue weighted by molar-refractivity contribution is 7.99. The molecule has 2 aromatic carbocycles. The minimum absolute atomic E-state index is 0.0142. The van der Waals surface area contributed by atoms with Gasteiger partial charge in [-0.1, -0.05) is 54.1 Å². The van der Waals surface area contributed by atoms with Gasteiger partial charge in [0, 0.05) is 18.8 Å². The van der Waals surface area contributed by atoms with E-state index in [0.717, 1.165) is 16.9 Å². The molecule has 5 heteroatoms. The average Bonchev–Trinajstić information content (AvgIpc) is 2.67. The van der Waals surface area contributed by atoms with Gasteiger partial charge in [0.05, 0.1) is 5.75 Å². The lowest BCUT2D eigenvalue weighted by Gasteiger charge is -2.29. The molecule has 0 radical (unpaired) electrons. The molecule has 0 fully saturated rings. The number of benzene rings is 2. The number of carbonyl (C=O) groups excluding carboxylic acids is 2. The quantitative estimate of drug-likeness (QED) is 0.692. The number of nitrogens with one attached hydrogen (secondary N) is 1. The van der Waals surface area contributed by atoms with Gasteiger partial charge in [-0.15, -0.1) is 11.8 Å². The summed E-state index contributed by atoms with van der Waals surface area (Å²) in [6, 6.07) is 15.8. The van der Waals surface area contributed by atoms with Gasteiger partial charge in [0.1, 0.15) is 6.04 Å². The fraction of sp³-hybridized carbons (Fsp3) is 0.391. The van der Waals surface area contributed by atoms with Gasteiger partial charge in [0.2, 0.25) is 11.8 Å². The summed E-state index contributed by atoms with van der Waals surface area (Å²) < 4.78 is 0. The van der Waals surface area contributed by atoms with E-state index in [1.165, 1.54) is 11.1 Å². The van der Waals surface area contributed by atoms with Crippen molar-refractivity contribution in [2.24, 2.45) is 0 Å². The van der Waals surface area contributed by atoms with Gasteiger partial charge in [-0.25, -0.2) is 0 Å². The first-order chi connectivity index (χ1) is 13.4. The molecule has 0 aliphatic carbocycles. The van der Waals surface area contributed by atoms with Crippen molar-refractivity contribution in [1.82, 2.24) is 10.2 Å². The number of rotatable bonds is 9. The van der Waals surface area contributed by atoms with Crippen molar-refractivity contribution in [2.75, 3.05) is 12.3 Å². The number of aryl methyl sites for hydroxylation is 2. The fourth-order valence-electron chi connectivity index (χ4n) is 3.02. The third-order valence-electron chi connectivity index (χ3n) is 4.70. The molecule has 0 bridgehead atoms. The van der Waals surface area contributed by atoms with Gasteiger partial charge >= 0.3 is 0 Å². The molecule has 0 heterocycles. The Hall–Kier alpha value is -2.27. The number of thioether (sulfide) groups is 1. The van der Waals surface area contributed by atoms with Crippen molar-refractivity contribution >= 4 is 23.6 Å². The molecule has 4 nitrogen and oxygen atoms in total. The molecule has 0 saturated carbocycles. The molecule has 2 aromatic rings. The lowest BCUT2D eigenvalue weighted by molar-refractivity contribution is -0.138. The van der Waals surface area contributed by atoms with Gasteiger partial charge in [-0.3, -0.25) is 9.59 Å². The molecular weight excluding hydrogens is 368 g/mol. The lowest BCUT2D eigenvalue weighted by atomic mass is 10.1. The molecule has 0 aromatic heterocycles. The van der Waals surface area contributed by atoms with Crippen LogP contribution < -0.4 is 5.32 Å². The zero-order valence-electron chi connectivity index (χ0n) is 17.2. The summed E-state index contributed by atoms with van der Waals surface area (Å²) >= 11 is 1.59. The van der Waals surface area contributed by atoms with Crippen LogP contribution >= 0.6 is 11.8 Å². The van der Waals surface area contributed by atoms with Crippen molar-refractivity contribution in [1.29, 1.82) is 0 Å². The molecular formula is C23H30N2O2S. The first kappa shape index (κ1) is 22.0. The predicted octanol–water partition coefficient (Wildman–Crippen LogP) is 4.09. The second-order valence-corrected chi connectivity index (χ2v) is 7.99. The van der Waals surface area contributed by atoms with Crippen LogP contribution in [0.3, 0.4) is 0 Å². The number of nitrogens with zero attached hydrogens (tertiary/aromatic N) is 1. The number of amides is 2. The van der Waals surface area contributed by atoms with Crippen LogP contribution in [-0.2, 0) is 21.9 Å². The largest absolute Gasteiger partial charge is 0.355 e. The van der Waals surface area contributed by atoms with Gasteiger partial charge in [-0.05, 0) is 44.4 Å². The van der Waals surface area contributed by atoms with E-state index in [4.69, 9.17) is 0 Å². The second-order valence-electron chi connectivity index (χ2n) is 7.00. The number of hydrogen-bond acceptors (Lipinski definition) is 3. The Morgan fingerprint density at radius 3 is 2.54 bits per heavy atom. The molecule has 0 aliphatic heterocycles. The van der Waals surface area contributed by atoms with E-state index in [0.29, 0.717) is 18.8 Å². The van der Waals surface area contributed by atoms with Crippen molar-refractivity contribution in [3.05, 3.63) is 70.8 Å². The van der Waals surface area contributed by atoms with Crippen LogP contribution in [0.15, 0.2) is 48.5 Å². The summed E-state index contributed by atoms with van der Waals surface area (Å²) in [5.41, 5.74) is 4.61. The molecule has 2 rings (SSSR count). The normalized spacial score (nSPS) is 11.7. The highest BCUT2D eigenvalue weighted by atomic mass is 32.2. The Morgan fingerprint density at radius 1 is 1.11 bits per heavy atom. The standard InChI is InChI=1S/C23H30N2O2S/c1-5-24-23(27)19(4)25(14-21-12-7-6-10-18(21)3)22(26)16-28-15-20-11-8-9-17(2)13-20/h6-13,19H,5,14-16H2,1-4H3,(H,24,27). The fourth-order valence-corrected chi connectivity index (χ4v) is 3.87. The molecule has 0 saturated heterocycles. The summed E-state index contributed by atoms with van der Waals surface area (Å²) in [7, 11) is 0. The Morgan fingerprint density at radius 2 is 1.86 bits per heavy atom. The van der Waals surface area contributed by atoms with Crippen molar-refractivity contribution in [2.45, 2.75) is 46.0 Å². The van der Waals surface area contributed by atoms with E-state index in [-0.39, 0.29) is 11.8 Å². The van der Waals surface area contributed by atoms with E-state index in [1.54, 1.807) is 23.6 Å². The predicted molar refractivity (Wildman–Crippen MR) is 117 cm³/mol. The molecule has 0 aliphatic rings. The van der Waals surface area contributed by atoms with Crippen LogP contribution in [0.2, 0.25) is 0 Å². The summed E-state index contributed by atoms with van der Waals surface area (Å²) in [6.45, 7) is 8.77. The monoisotopic (exact) mass is 398 g/mol. The summed E-state index contributed by atoms with van der Waals surface area (Å²) in [4.78, 5) is 27.1. The van der Waals surface area contributed by atoms with E-state index in [9.17, 15) is 9.59 Å². The van der Waals surface area contributed by atoms with Gasteiger partial charge in [0.15, 0.2) is 0 Å². The lowest BCUT2D eigenvalue weighted by Crippen LogP contribution is -2.48. The summed E-state index contributed by atoms with van der Waals surface area (Å²) in [6.07, 6.45) is 0. The van der Waals surface area contributed by atoms with Crippen LogP contribution in [0.5, 0.6) is 0 Å². The summed E-state index contributed by atoms with van der Waals surface area (Å²) in [5.74, 6) is 0.998. The Bertz CT molecular complexity index is 807. The van der Waals surface area contributed by atoms with Crippen LogP contribution in [0.25, 0.3) is 0 Å². The number of likely N-dealkylation sites (N-methyl/N-ethyl adjacent to an activating group) is 1. The first-order valence-corrected chi connectivity index (χ1v) is 10.8. The maximum atomic E-state index is 13.0. The molecule has 1 atom stereocenters. The molecule has 1 N–H and O–H groups in total. The van der Waals surface area contributed by atoms with Gasteiger partial charge in [-0.2, -0.15) is 0 Å². The average molecular weight is 399 g/mol. The molecule has 150 valence electrons. The van der Waals surface area contributed by atoms with Crippen molar-refractivity contribution in [3.63, 3.8) is 0 Å². The van der Waals surface area contributed by atoms with Crippen LogP contribution in [0, 0.1) is 13.8 Å². The maximum absolute atomic E-state index is 13.0. The van der Waals surface area contributed by atoms with Gasteiger partial charge in [0.25, 0.3) is 0 Å². The van der Waals surface area contributed by atoms with E-state index in [1.807, 2.05) is 44.2 Å². The maximum Gasteiger partial charge on any atom is 0.242 e. The Kier molecular flexibility index (Phi) is 8.58. The third-order valence-corrected chi connectivity index (χ3v) is 5.69.